The van der Waals surface area contributed by atoms with Crippen LogP contribution in [0.5, 0.6) is 0 Å². The Bertz CT molecular complexity index is 1210. The number of hydrogen-bond acceptors (Lipinski definition) is 8. The monoisotopic (exact) mass is 499 g/mol. The third-order valence-electron chi connectivity index (χ3n) is 5.72. The average Bonchev–Trinajstić information content (AvgIpc) is 2.86. The molecule has 0 radical (unpaired) electrons. The lowest BCUT2D eigenvalue weighted by molar-refractivity contribution is 0.0296. The van der Waals surface area contributed by atoms with E-state index in [0.717, 1.165) is 12.0 Å². The summed E-state index contributed by atoms with van der Waals surface area (Å²) in [6, 6.07) is 6.16. The zero-order valence-electron chi connectivity index (χ0n) is 19.8. The summed E-state index contributed by atoms with van der Waals surface area (Å²) in [5.41, 5.74) is 2.32. The van der Waals surface area contributed by atoms with Crippen LogP contribution in [0, 0.1) is 5.82 Å². The molecule has 1 aliphatic rings. The molecule has 0 bridgehead atoms. The van der Waals surface area contributed by atoms with E-state index in [1.807, 2.05) is 6.92 Å². The van der Waals surface area contributed by atoms with E-state index in [4.69, 9.17) is 26.1 Å². The van der Waals surface area contributed by atoms with E-state index >= 15 is 0 Å². The third-order valence-corrected chi connectivity index (χ3v) is 6.01. The van der Waals surface area contributed by atoms with Crippen molar-refractivity contribution in [3.63, 3.8) is 0 Å². The van der Waals surface area contributed by atoms with Crippen LogP contribution in [0.4, 0.5) is 21.8 Å². The van der Waals surface area contributed by atoms with E-state index in [2.05, 4.69) is 27.1 Å². The number of pyridine rings is 1. The second-order valence-electron chi connectivity index (χ2n) is 8.23. The third kappa shape index (κ3) is 5.68. The van der Waals surface area contributed by atoms with Crippen molar-refractivity contribution >= 4 is 35.0 Å². The SMILES string of the molecule is CCOC(=O)c1cncc(-c2cnc(Nc3ccc(F)c(Cl)c3)nc2N2CC(C)OCC2CC)c1. The number of hydrogen-bond donors (Lipinski definition) is 1. The zero-order chi connectivity index (χ0) is 24.9. The number of anilines is 3. The van der Waals surface area contributed by atoms with Crippen LogP contribution in [0.3, 0.4) is 0 Å². The van der Waals surface area contributed by atoms with E-state index in [0.29, 0.717) is 41.7 Å². The molecular weight excluding hydrogens is 473 g/mol. The van der Waals surface area contributed by atoms with E-state index < -0.39 is 11.8 Å². The number of benzene rings is 1. The van der Waals surface area contributed by atoms with Crippen LogP contribution >= 0.6 is 11.6 Å². The van der Waals surface area contributed by atoms with Gasteiger partial charge in [-0.2, -0.15) is 4.98 Å². The van der Waals surface area contributed by atoms with Crippen molar-refractivity contribution < 1.29 is 18.7 Å². The van der Waals surface area contributed by atoms with Crippen LogP contribution in [-0.4, -0.2) is 52.8 Å². The number of carbonyl (C=O) groups is 1. The highest BCUT2D eigenvalue weighted by Gasteiger charge is 2.29. The first-order valence-electron chi connectivity index (χ1n) is 11.5. The molecule has 2 aromatic heterocycles. The first-order chi connectivity index (χ1) is 16.9. The van der Waals surface area contributed by atoms with Crippen LogP contribution in [0.2, 0.25) is 5.02 Å². The number of rotatable bonds is 7. The summed E-state index contributed by atoms with van der Waals surface area (Å²) < 4.78 is 24.6. The van der Waals surface area contributed by atoms with Gasteiger partial charge in [0.1, 0.15) is 11.6 Å². The summed E-state index contributed by atoms with van der Waals surface area (Å²) in [6.07, 6.45) is 5.70. The van der Waals surface area contributed by atoms with Gasteiger partial charge in [0.05, 0.1) is 35.9 Å². The van der Waals surface area contributed by atoms with Crippen LogP contribution in [0.25, 0.3) is 11.1 Å². The smallest absolute Gasteiger partial charge is 0.339 e. The fourth-order valence-corrected chi connectivity index (χ4v) is 4.09. The Morgan fingerprint density at radius 2 is 2.11 bits per heavy atom. The molecule has 3 aromatic rings. The minimum Gasteiger partial charge on any atom is -0.462 e. The summed E-state index contributed by atoms with van der Waals surface area (Å²) in [4.78, 5) is 28.1. The zero-order valence-corrected chi connectivity index (χ0v) is 20.6. The molecule has 2 unspecified atom stereocenters. The maximum atomic E-state index is 13.6. The van der Waals surface area contributed by atoms with Gasteiger partial charge < -0.3 is 19.7 Å². The summed E-state index contributed by atoms with van der Waals surface area (Å²) >= 11 is 5.93. The molecule has 3 heterocycles. The Kier molecular flexibility index (Phi) is 7.77. The van der Waals surface area contributed by atoms with Gasteiger partial charge in [0.25, 0.3) is 0 Å². The lowest BCUT2D eigenvalue weighted by Gasteiger charge is -2.40. The summed E-state index contributed by atoms with van der Waals surface area (Å²) in [5.74, 6) is 0.0638. The molecule has 35 heavy (non-hydrogen) atoms. The Morgan fingerprint density at radius 3 is 2.86 bits per heavy atom. The second kappa shape index (κ2) is 11.0. The molecule has 0 aliphatic carbocycles. The van der Waals surface area contributed by atoms with Crippen molar-refractivity contribution in [2.75, 3.05) is 30.0 Å². The van der Waals surface area contributed by atoms with Crippen molar-refractivity contribution in [2.45, 2.75) is 39.3 Å². The van der Waals surface area contributed by atoms with Crippen molar-refractivity contribution in [3.05, 3.63) is 59.3 Å². The van der Waals surface area contributed by atoms with Gasteiger partial charge in [-0.15, -0.1) is 0 Å². The highest BCUT2D eigenvalue weighted by atomic mass is 35.5. The van der Waals surface area contributed by atoms with E-state index in [1.54, 1.807) is 31.5 Å². The van der Waals surface area contributed by atoms with Crippen molar-refractivity contribution in [1.29, 1.82) is 0 Å². The quantitative estimate of drug-likeness (QED) is 0.440. The summed E-state index contributed by atoms with van der Waals surface area (Å²) in [7, 11) is 0. The number of morpholine rings is 1. The lowest BCUT2D eigenvalue weighted by atomic mass is 10.1. The van der Waals surface area contributed by atoms with Crippen LogP contribution in [0.1, 0.15) is 37.6 Å². The maximum absolute atomic E-state index is 13.6. The largest absolute Gasteiger partial charge is 0.462 e. The minimum absolute atomic E-state index is 0.00162. The minimum atomic E-state index is -0.503. The molecule has 1 fully saturated rings. The number of halogens is 2. The molecule has 2 atom stereocenters. The van der Waals surface area contributed by atoms with Gasteiger partial charge in [-0.1, -0.05) is 18.5 Å². The fourth-order valence-electron chi connectivity index (χ4n) is 3.91. The number of esters is 1. The topological polar surface area (TPSA) is 89.5 Å². The molecular formula is C25H27ClFN5O3. The Morgan fingerprint density at radius 1 is 1.29 bits per heavy atom. The standard InChI is InChI=1S/C25H27ClFN5O3/c1-4-19-14-35-15(3)13-32(19)23-20(16-8-17(11-28-10-16)24(33)34-5-2)12-29-25(31-23)30-18-6-7-22(27)21(26)9-18/h6-12,15,19H,4-5,13-14H2,1-3H3,(H,29,30,31). The van der Waals surface area contributed by atoms with Crippen molar-refractivity contribution in [3.8, 4) is 11.1 Å². The van der Waals surface area contributed by atoms with Gasteiger partial charge in [0.15, 0.2) is 0 Å². The Labute approximate surface area is 208 Å². The molecule has 1 aromatic carbocycles. The van der Waals surface area contributed by atoms with E-state index in [1.165, 1.54) is 18.3 Å². The molecule has 1 saturated heterocycles. The number of ether oxygens (including phenoxy) is 2. The molecule has 8 nitrogen and oxygen atoms in total. The highest BCUT2D eigenvalue weighted by molar-refractivity contribution is 6.31. The van der Waals surface area contributed by atoms with E-state index in [-0.39, 0.29) is 23.8 Å². The summed E-state index contributed by atoms with van der Waals surface area (Å²) in [5, 5.41) is 3.10. The molecule has 10 heteroatoms. The highest BCUT2D eigenvalue weighted by Crippen LogP contribution is 2.34. The predicted molar refractivity (Wildman–Crippen MR) is 133 cm³/mol. The molecule has 1 aliphatic heterocycles. The average molecular weight is 500 g/mol. The maximum Gasteiger partial charge on any atom is 0.339 e. The normalized spacial score (nSPS) is 17.8. The molecule has 0 saturated carbocycles. The number of carbonyl (C=O) groups excluding carboxylic acids is 1. The molecule has 1 N–H and O–H groups in total. The number of aromatic nitrogens is 3. The fraction of sp³-hybridized carbons (Fsp3) is 0.360. The molecule has 4 rings (SSSR count). The van der Waals surface area contributed by atoms with E-state index in [9.17, 15) is 9.18 Å². The lowest BCUT2D eigenvalue weighted by Crippen LogP contribution is -2.49. The number of nitrogens with zero attached hydrogens (tertiary/aromatic N) is 4. The van der Waals surface area contributed by atoms with Crippen molar-refractivity contribution in [2.24, 2.45) is 0 Å². The van der Waals surface area contributed by atoms with Gasteiger partial charge >= 0.3 is 5.97 Å². The van der Waals surface area contributed by atoms with Crippen LogP contribution < -0.4 is 10.2 Å². The van der Waals surface area contributed by atoms with Gasteiger partial charge in [-0.05, 0) is 44.5 Å². The van der Waals surface area contributed by atoms with Gasteiger partial charge in [-0.25, -0.2) is 14.2 Å². The second-order valence-corrected chi connectivity index (χ2v) is 8.63. The van der Waals surface area contributed by atoms with Crippen LogP contribution in [-0.2, 0) is 9.47 Å². The van der Waals surface area contributed by atoms with Gasteiger partial charge in [0.2, 0.25) is 5.95 Å². The van der Waals surface area contributed by atoms with Crippen LogP contribution in [0.15, 0.2) is 42.9 Å². The summed E-state index contributed by atoms with van der Waals surface area (Å²) in [6.45, 7) is 7.34. The van der Waals surface area contributed by atoms with Gasteiger partial charge in [-0.3, -0.25) is 4.98 Å². The van der Waals surface area contributed by atoms with Gasteiger partial charge in [0, 0.05) is 41.9 Å². The first-order valence-corrected chi connectivity index (χ1v) is 11.9. The Balaban J connectivity index is 1.77. The first kappa shape index (κ1) is 24.8. The Hall–Kier alpha value is -3.30. The molecule has 184 valence electrons. The number of nitrogens with one attached hydrogen (secondary N) is 1. The predicted octanol–water partition coefficient (Wildman–Crippen LogP) is 5.26. The molecule has 0 spiro atoms. The van der Waals surface area contributed by atoms with Crippen molar-refractivity contribution in [1.82, 2.24) is 15.0 Å². The molecule has 0 amide bonds.